The molecule has 1 aromatic rings. The van der Waals surface area contributed by atoms with Gasteiger partial charge < -0.3 is 16.3 Å². The van der Waals surface area contributed by atoms with Crippen molar-refractivity contribution in [3.05, 3.63) is 71.5 Å². The average molecular weight is 491 g/mol. The number of aliphatic imine (C=N–C) groups is 1. The van der Waals surface area contributed by atoms with Gasteiger partial charge in [-0.3, -0.25) is 4.99 Å². The quantitative estimate of drug-likeness (QED) is 0.122. The maximum absolute atomic E-state index is 9.38. The van der Waals surface area contributed by atoms with Gasteiger partial charge in [-0.05, 0) is 62.8 Å². The van der Waals surface area contributed by atoms with Crippen LogP contribution in [0.15, 0.2) is 64.5 Å². The summed E-state index contributed by atoms with van der Waals surface area (Å²) in [5.74, 6) is 6.19. The van der Waals surface area contributed by atoms with Crippen molar-refractivity contribution < 1.29 is 5.11 Å². The van der Waals surface area contributed by atoms with Crippen molar-refractivity contribution in [3.63, 3.8) is 0 Å². The van der Waals surface area contributed by atoms with Crippen LogP contribution in [0.1, 0.15) is 87.0 Å². The lowest BCUT2D eigenvalue weighted by atomic mass is 10.2. The van der Waals surface area contributed by atoms with E-state index < -0.39 is 0 Å². The Morgan fingerprint density at radius 1 is 1.09 bits per heavy atom. The maximum atomic E-state index is 9.38. The fourth-order valence-electron chi connectivity index (χ4n) is 2.06. The topological polar surface area (TPSA) is 101 Å². The number of nitrogens with two attached hydrogens (primary N) is 1. The second kappa shape index (κ2) is 33.1. The SMILES string of the molecule is CC.CC.CC.CC/C=C\C=NC.C\C=C/C(O)=C\C=C\NC/N=c1/nc(CC)cc(CC)n1N. The van der Waals surface area contributed by atoms with Gasteiger partial charge in [0, 0.05) is 24.7 Å². The van der Waals surface area contributed by atoms with Crippen molar-refractivity contribution in [1.82, 2.24) is 15.0 Å². The van der Waals surface area contributed by atoms with Gasteiger partial charge in [-0.2, -0.15) is 0 Å². The van der Waals surface area contributed by atoms with Crippen LogP contribution in [-0.2, 0) is 12.8 Å². The minimum atomic E-state index is 0.196. The molecule has 0 radical (unpaired) electrons. The summed E-state index contributed by atoms with van der Waals surface area (Å²) in [7, 11) is 1.76. The van der Waals surface area contributed by atoms with Crippen LogP contribution < -0.4 is 16.8 Å². The Kier molecular flexibility index (Phi) is 37.0. The molecule has 0 aliphatic rings. The minimum absolute atomic E-state index is 0.196. The highest BCUT2D eigenvalue weighted by Crippen LogP contribution is 1.98. The molecule has 0 saturated carbocycles. The Balaban J connectivity index is -0.000000310. The summed E-state index contributed by atoms with van der Waals surface area (Å²) in [4.78, 5) is 12.5. The molecule has 0 aromatic carbocycles. The molecule has 0 saturated heterocycles. The van der Waals surface area contributed by atoms with E-state index in [2.05, 4.69) is 40.2 Å². The van der Waals surface area contributed by atoms with Crippen LogP contribution in [0, 0.1) is 0 Å². The van der Waals surface area contributed by atoms with Crippen molar-refractivity contribution in [3.8, 4) is 0 Å². The number of hydrogen-bond donors (Lipinski definition) is 3. The molecule has 0 fully saturated rings. The molecule has 0 atom stereocenters. The van der Waals surface area contributed by atoms with Gasteiger partial charge in [-0.15, -0.1) is 0 Å². The van der Waals surface area contributed by atoms with Crippen molar-refractivity contribution >= 4 is 6.21 Å². The monoisotopic (exact) mass is 490 g/mol. The number of nitrogens with one attached hydrogen (secondary N) is 1. The highest BCUT2D eigenvalue weighted by atomic mass is 16.3. The average Bonchev–Trinajstić information content (AvgIpc) is 2.91. The summed E-state index contributed by atoms with van der Waals surface area (Å²) >= 11 is 0. The predicted molar refractivity (Wildman–Crippen MR) is 157 cm³/mol. The van der Waals surface area contributed by atoms with Crippen LogP contribution >= 0.6 is 0 Å². The van der Waals surface area contributed by atoms with Gasteiger partial charge in [-0.25, -0.2) is 14.7 Å². The number of aliphatic hydroxyl groups excluding tert-OH is 1. The molecule has 7 heteroatoms. The Hall–Kier alpha value is -3.09. The van der Waals surface area contributed by atoms with Crippen molar-refractivity contribution in [2.24, 2.45) is 9.98 Å². The van der Waals surface area contributed by atoms with E-state index in [-0.39, 0.29) is 5.76 Å². The number of nitrogens with zero attached hydrogens (tertiary/aromatic N) is 4. The van der Waals surface area contributed by atoms with E-state index in [0.717, 1.165) is 30.7 Å². The van der Waals surface area contributed by atoms with E-state index in [1.165, 1.54) is 4.68 Å². The van der Waals surface area contributed by atoms with Crippen molar-refractivity contribution in [1.29, 1.82) is 0 Å². The standard InChI is InChI=1S/C16H25N5O.C6H11N.3C2H6/c1-4-8-15(22)9-7-10-18-12-19-16-20-13(5-2)11-14(6-3)21(16)17;1-3-4-5-6-7-2;3*1-2/h4,7-11,18,22H,5-6,12,17H2,1-3H3;4-6H,3H2,1-2H3;3*1-2H3/b8-4-,10-7+,15-9+,19-16-;5-4-,7-6?;;;. The molecule has 1 heterocycles. The van der Waals surface area contributed by atoms with Crippen molar-refractivity contribution in [2.75, 3.05) is 19.6 Å². The van der Waals surface area contributed by atoms with E-state index in [9.17, 15) is 5.11 Å². The highest BCUT2D eigenvalue weighted by molar-refractivity contribution is 5.70. The van der Waals surface area contributed by atoms with E-state index in [4.69, 9.17) is 5.84 Å². The third-order valence-corrected chi connectivity index (χ3v) is 3.56. The smallest absolute Gasteiger partial charge is 0.245 e. The van der Waals surface area contributed by atoms with Gasteiger partial charge in [-0.1, -0.05) is 74.5 Å². The van der Waals surface area contributed by atoms with Crippen LogP contribution in [0.3, 0.4) is 0 Å². The summed E-state index contributed by atoms with van der Waals surface area (Å²) in [5.41, 5.74) is 2.48. The van der Waals surface area contributed by atoms with Gasteiger partial charge in [0.05, 0.1) is 0 Å². The summed E-state index contributed by atoms with van der Waals surface area (Å²) in [6.45, 7) is 20.4. The van der Waals surface area contributed by atoms with Gasteiger partial charge in [0.1, 0.15) is 12.4 Å². The zero-order chi connectivity index (χ0) is 27.9. The molecule has 0 aliphatic heterocycles. The van der Waals surface area contributed by atoms with E-state index in [1.54, 1.807) is 43.8 Å². The molecule has 7 nitrogen and oxygen atoms in total. The van der Waals surface area contributed by atoms with Crippen LogP contribution in [-0.4, -0.2) is 34.7 Å². The molecule has 1 rings (SSSR count). The molecular weight excluding hydrogens is 436 g/mol. The number of aromatic nitrogens is 2. The number of aliphatic hydroxyl groups is 1. The second-order valence-electron chi connectivity index (χ2n) is 5.83. The molecule has 0 spiro atoms. The first-order valence-electron chi connectivity index (χ1n) is 12.9. The van der Waals surface area contributed by atoms with Gasteiger partial charge in [0.2, 0.25) is 5.62 Å². The van der Waals surface area contributed by atoms with Gasteiger partial charge >= 0.3 is 0 Å². The summed E-state index contributed by atoms with van der Waals surface area (Å²) in [6, 6.07) is 2.00. The third kappa shape index (κ3) is 23.9. The molecule has 0 unspecified atom stereocenters. The Labute approximate surface area is 216 Å². The van der Waals surface area contributed by atoms with Gasteiger partial charge in [0.25, 0.3) is 0 Å². The van der Waals surface area contributed by atoms with Crippen LogP contribution in [0.2, 0.25) is 0 Å². The third-order valence-electron chi connectivity index (χ3n) is 3.56. The first-order chi connectivity index (χ1) is 17.0. The largest absolute Gasteiger partial charge is 0.508 e. The summed E-state index contributed by atoms with van der Waals surface area (Å²) in [6.07, 6.45) is 16.9. The van der Waals surface area contributed by atoms with Crippen LogP contribution in [0.5, 0.6) is 0 Å². The normalized spacial score (nSPS) is 11.3. The molecule has 4 N–H and O–H groups in total. The minimum Gasteiger partial charge on any atom is -0.508 e. The molecule has 0 bridgehead atoms. The highest BCUT2D eigenvalue weighted by Gasteiger charge is 2.01. The lowest BCUT2D eigenvalue weighted by molar-refractivity contribution is 0.432. The Morgan fingerprint density at radius 2 is 1.71 bits per heavy atom. The second-order valence-corrected chi connectivity index (χ2v) is 5.83. The number of nitrogen functional groups attached to an aromatic ring is 1. The van der Waals surface area contributed by atoms with E-state index in [1.807, 2.05) is 67.5 Å². The Bertz CT molecular complexity index is 787. The lowest BCUT2D eigenvalue weighted by Crippen LogP contribution is -2.35. The first-order valence-corrected chi connectivity index (χ1v) is 12.9. The fourth-order valence-corrected chi connectivity index (χ4v) is 2.06. The summed E-state index contributed by atoms with van der Waals surface area (Å²) in [5, 5.41) is 12.4. The van der Waals surface area contributed by atoms with E-state index >= 15 is 0 Å². The number of rotatable bonds is 9. The Morgan fingerprint density at radius 3 is 2.20 bits per heavy atom. The molecular formula is C28H54N6O. The number of aryl methyl sites for hydroxylation is 2. The molecule has 0 aliphatic carbocycles. The summed E-state index contributed by atoms with van der Waals surface area (Å²) < 4.78 is 1.52. The zero-order valence-electron chi connectivity index (χ0n) is 24.3. The molecule has 35 heavy (non-hydrogen) atoms. The zero-order valence-corrected chi connectivity index (χ0v) is 24.3. The first kappa shape index (κ1) is 39.1. The van der Waals surface area contributed by atoms with Crippen LogP contribution in [0.25, 0.3) is 0 Å². The lowest BCUT2D eigenvalue weighted by Gasteiger charge is -2.08. The number of allylic oxidation sites excluding steroid dienone is 6. The van der Waals surface area contributed by atoms with Crippen LogP contribution in [0.4, 0.5) is 0 Å². The van der Waals surface area contributed by atoms with Crippen molar-refractivity contribution in [2.45, 2.75) is 88.5 Å². The van der Waals surface area contributed by atoms with Gasteiger partial charge in [0.15, 0.2) is 0 Å². The number of hydrogen-bond acceptors (Lipinski definition) is 6. The molecule has 1 aromatic heterocycles. The molecule has 0 amide bonds. The molecule has 202 valence electrons. The maximum Gasteiger partial charge on any atom is 0.245 e. The van der Waals surface area contributed by atoms with E-state index in [0.29, 0.717) is 12.3 Å². The predicted octanol–water partition coefficient (Wildman–Crippen LogP) is 6.43. The fraction of sp³-hybridized carbons (Fsp3) is 0.536.